The van der Waals surface area contributed by atoms with Gasteiger partial charge >= 0.3 is 17.9 Å². The van der Waals surface area contributed by atoms with Crippen molar-refractivity contribution in [2.24, 2.45) is 0 Å². The number of esters is 3. The molecule has 1 atom stereocenters. The highest BCUT2D eigenvalue weighted by Crippen LogP contribution is 2.16. The molecule has 0 amide bonds. The second-order valence-corrected chi connectivity index (χ2v) is 19.1. The number of hydrogen-bond donors (Lipinski definition) is 0. The van der Waals surface area contributed by atoms with E-state index in [9.17, 15) is 14.4 Å². The van der Waals surface area contributed by atoms with Crippen LogP contribution in [0.4, 0.5) is 0 Å². The van der Waals surface area contributed by atoms with Crippen molar-refractivity contribution < 1.29 is 28.6 Å². The minimum absolute atomic E-state index is 0.0897. The second-order valence-electron chi connectivity index (χ2n) is 19.1. The molecule has 0 saturated heterocycles. The normalized spacial score (nSPS) is 12.7. The van der Waals surface area contributed by atoms with E-state index >= 15 is 0 Å². The summed E-state index contributed by atoms with van der Waals surface area (Å²) in [5, 5.41) is 0. The molecule has 0 spiro atoms. The van der Waals surface area contributed by atoms with E-state index in [1.54, 1.807) is 0 Å². The molecule has 0 saturated carbocycles. The molecule has 1 unspecified atom stereocenters. The topological polar surface area (TPSA) is 78.9 Å². The van der Waals surface area contributed by atoms with Crippen LogP contribution in [-0.4, -0.2) is 37.2 Å². The van der Waals surface area contributed by atoms with Gasteiger partial charge in [-0.1, -0.05) is 254 Å². The van der Waals surface area contributed by atoms with Crippen molar-refractivity contribution in [3.05, 3.63) is 85.1 Å². The fourth-order valence-corrected chi connectivity index (χ4v) is 8.10. The average molecular weight is 962 g/mol. The van der Waals surface area contributed by atoms with Gasteiger partial charge in [-0.15, -0.1) is 0 Å². The summed E-state index contributed by atoms with van der Waals surface area (Å²) in [6.07, 6.45) is 74.3. The Kier molecular flexibility index (Phi) is 54.3. The molecule has 6 nitrogen and oxygen atoms in total. The minimum atomic E-state index is -0.793. The van der Waals surface area contributed by atoms with Gasteiger partial charge in [-0.25, -0.2) is 0 Å². The molecule has 0 aromatic carbocycles. The summed E-state index contributed by atoms with van der Waals surface area (Å²) in [7, 11) is 0. The minimum Gasteiger partial charge on any atom is -0.462 e. The van der Waals surface area contributed by atoms with Crippen molar-refractivity contribution in [2.75, 3.05) is 13.2 Å². The maximum Gasteiger partial charge on any atom is 0.306 e. The highest BCUT2D eigenvalue weighted by Gasteiger charge is 2.19. The van der Waals surface area contributed by atoms with Crippen molar-refractivity contribution in [3.8, 4) is 0 Å². The fraction of sp³-hybridized carbons (Fsp3) is 0.730. The summed E-state index contributed by atoms with van der Waals surface area (Å²) >= 11 is 0. The highest BCUT2D eigenvalue weighted by atomic mass is 16.6. The number of hydrogen-bond acceptors (Lipinski definition) is 6. The third-order valence-corrected chi connectivity index (χ3v) is 12.4. The molecule has 0 rings (SSSR count). The molecule has 0 aliphatic rings. The Bertz CT molecular complexity index is 1330. The van der Waals surface area contributed by atoms with E-state index in [4.69, 9.17) is 14.2 Å². The van der Waals surface area contributed by atoms with Crippen LogP contribution in [0.25, 0.3) is 0 Å². The van der Waals surface area contributed by atoms with Gasteiger partial charge in [0, 0.05) is 19.3 Å². The Labute approximate surface area is 426 Å². The van der Waals surface area contributed by atoms with Crippen LogP contribution in [-0.2, 0) is 28.6 Å². The van der Waals surface area contributed by atoms with E-state index in [0.29, 0.717) is 19.3 Å². The lowest BCUT2D eigenvalue weighted by atomic mass is 10.0. The Hall–Kier alpha value is -3.41. The van der Waals surface area contributed by atoms with E-state index in [1.165, 1.54) is 122 Å². The number of ether oxygens (including phenoxy) is 3. The summed E-state index contributed by atoms with van der Waals surface area (Å²) in [6.45, 7) is 6.41. The Balaban J connectivity index is 4.42. The molecule has 6 heteroatoms. The summed E-state index contributed by atoms with van der Waals surface area (Å²) in [4.78, 5) is 38.2. The van der Waals surface area contributed by atoms with E-state index in [0.717, 1.165) is 116 Å². The third-order valence-electron chi connectivity index (χ3n) is 12.4. The fourth-order valence-electron chi connectivity index (χ4n) is 8.10. The van der Waals surface area contributed by atoms with Gasteiger partial charge in [0.2, 0.25) is 0 Å². The largest absolute Gasteiger partial charge is 0.462 e. The Morgan fingerprint density at radius 1 is 0.304 bits per heavy atom. The molecule has 0 bridgehead atoms. The molecular weight excluding hydrogens is 853 g/mol. The van der Waals surface area contributed by atoms with Gasteiger partial charge in [-0.05, 0) is 89.9 Å². The molecule has 69 heavy (non-hydrogen) atoms. The molecule has 0 heterocycles. The van der Waals surface area contributed by atoms with Crippen LogP contribution in [0.5, 0.6) is 0 Å². The summed E-state index contributed by atoms with van der Waals surface area (Å²) < 4.78 is 16.9. The Morgan fingerprint density at radius 2 is 0.565 bits per heavy atom. The van der Waals surface area contributed by atoms with Gasteiger partial charge in [0.1, 0.15) is 13.2 Å². The zero-order valence-electron chi connectivity index (χ0n) is 45.3. The van der Waals surface area contributed by atoms with Crippen LogP contribution in [0.2, 0.25) is 0 Å². The lowest BCUT2D eigenvalue weighted by Crippen LogP contribution is -2.30. The molecule has 0 N–H and O–H groups in total. The number of allylic oxidation sites excluding steroid dienone is 14. The summed E-state index contributed by atoms with van der Waals surface area (Å²) in [6, 6.07) is 0. The van der Waals surface area contributed by atoms with Crippen molar-refractivity contribution >= 4 is 17.9 Å². The predicted octanol–water partition coefficient (Wildman–Crippen LogP) is 19.5. The Morgan fingerprint density at radius 3 is 0.899 bits per heavy atom. The second kappa shape index (κ2) is 57.2. The maximum absolute atomic E-state index is 12.9. The molecular formula is C63H108O6. The SMILES string of the molecule is CC/C=C\C/C=C\C/C=C\C/C=C\C/C=C\CCCCCC(=O)OCC(COC(=O)CCCCCCCCC/C=C\C/C=C\CC)OC(=O)CCCCCCCCCCCCCCCCCCCC. The van der Waals surface area contributed by atoms with Gasteiger partial charge in [0.15, 0.2) is 6.10 Å². The molecule has 396 valence electrons. The monoisotopic (exact) mass is 961 g/mol. The molecule has 0 aliphatic heterocycles. The van der Waals surface area contributed by atoms with Crippen molar-refractivity contribution in [2.45, 2.75) is 284 Å². The van der Waals surface area contributed by atoms with Crippen molar-refractivity contribution in [1.82, 2.24) is 0 Å². The van der Waals surface area contributed by atoms with E-state index in [2.05, 4.69) is 106 Å². The number of carbonyl (C=O) groups excluding carboxylic acids is 3. The molecule has 0 aromatic rings. The quantitative estimate of drug-likeness (QED) is 0.0262. The summed E-state index contributed by atoms with van der Waals surface area (Å²) in [5.41, 5.74) is 0. The van der Waals surface area contributed by atoms with E-state index < -0.39 is 6.10 Å². The van der Waals surface area contributed by atoms with Gasteiger partial charge in [-0.2, -0.15) is 0 Å². The first-order chi connectivity index (χ1) is 34.0. The van der Waals surface area contributed by atoms with Gasteiger partial charge in [0.25, 0.3) is 0 Å². The summed E-state index contributed by atoms with van der Waals surface area (Å²) in [5.74, 6) is -0.921. The zero-order chi connectivity index (χ0) is 50.0. The average Bonchev–Trinajstić information content (AvgIpc) is 3.35. The van der Waals surface area contributed by atoms with E-state index in [1.807, 2.05) is 0 Å². The van der Waals surface area contributed by atoms with Gasteiger partial charge < -0.3 is 14.2 Å². The molecule has 0 fully saturated rings. The van der Waals surface area contributed by atoms with E-state index in [-0.39, 0.29) is 31.1 Å². The lowest BCUT2D eigenvalue weighted by molar-refractivity contribution is -0.167. The van der Waals surface area contributed by atoms with Gasteiger partial charge in [0.05, 0.1) is 0 Å². The molecule has 0 radical (unpaired) electrons. The first kappa shape index (κ1) is 65.6. The van der Waals surface area contributed by atoms with Crippen LogP contribution in [0.1, 0.15) is 278 Å². The molecule has 0 aliphatic carbocycles. The van der Waals surface area contributed by atoms with Gasteiger partial charge in [-0.3, -0.25) is 14.4 Å². The number of carbonyl (C=O) groups is 3. The first-order valence-corrected chi connectivity index (χ1v) is 29.1. The van der Waals surface area contributed by atoms with Crippen molar-refractivity contribution in [1.29, 1.82) is 0 Å². The zero-order valence-corrected chi connectivity index (χ0v) is 45.3. The first-order valence-electron chi connectivity index (χ1n) is 29.1. The standard InChI is InChI=1S/C63H108O6/c1-4-7-10-13-16-19-22-25-28-30-32-34-35-38-41-44-47-50-53-56-62(65)68-59-60(58-67-61(64)55-52-49-46-43-40-37-27-24-21-18-15-12-9-6-3)69-63(66)57-54-51-48-45-42-39-36-33-31-29-26-23-20-17-14-11-8-5-2/h7,9-10,12,16,18-19,21,25,28,32,34,38,41,60H,4-6,8,11,13-15,17,20,22-24,26-27,29-31,33,35-37,39-40,42-59H2,1-3H3/b10-7-,12-9-,19-16-,21-18-,28-25-,34-32-,41-38-. The third kappa shape index (κ3) is 55.4. The van der Waals surface area contributed by atoms with Crippen molar-refractivity contribution in [3.63, 3.8) is 0 Å². The number of rotatable bonds is 52. The van der Waals surface area contributed by atoms with Crippen LogP contribution in [0, 0.1) is 0 Å². The lowest BCUT2D eigenvalue weighted by Gasteiger charge is -2.18. The van der Waals surface area contributed by atoms with Crippen LogP contribution < -0.4 is 0 Å². The highest BCUT2D eigenvalue weighted by molar-refractivity contribution is 5.71. The smallest absolute Gasteiger partial charge is 0.306 e. The van der Waals surface area contributed by atoms with Crippen LogP contribution >= 0.6 is 0 Å². The molecule has 0 aromatic heterocycles. The predicted molar refractivity (Wildman–Crippen MR) is 297 cm³/mol. The van der Waals surface area contributed by atoms with Crippen LogP contribution in [0.15, 0.2) is 85.1 Å². The number of unbranched alkanes of at least 4 members (excludes halogenated alkanes) is 27. The van der Waals surface area contributed by atoms with Crippen LogP contribution in [0.3, 0.4) is 0 Å². The maximum atomic E-state index is 12.9.